The van der Waals surface area contributed by atoms with Gasteiger partial charge >= 0.3 is 11.9 Å². The molecule has 0 bridgehead atoms. The van der Waals surface area contributed by atoms with Crippen LogP contribution in [0.2, 0.25) is 0 Å². The molecule has 0 amide bonds. The molecule has 0 aromatic carbocycles. The van der Waals surface area contributed by atoms with Crippen LogP contribution in [0.25, 0.3) is 0 Å². The number of aliphatic hydroxyl groups is 3. The zero-order valence-corrected chi connectivity index (χ0v) is 19.4. The molecule has 3 unspecified atom stereocenters. The molecule has 3 N–H and O–H groups in total. The monoisotopic (exact) mass is 456 g/mol. The van der Waals surface area contributed by atoms with Gasteiger partial charge in [0.05, 0.1) is 24.7 Å². The molecule has 1 rings (SSSR count). The molecule has 8 heteroatoms. The summed E-state index contributed by atoms with van der Waals surface area (Å²) in [6.07, 6.45) is 5.93. The molecule has 1 heterocycles. The van der Waals surface area contributed by atoms with Crippen LogP contribution < -0.4 is 0 Å². The lowest BCUT2D eigenvalue weighted by molar-refractivity contribution is -0.170. The number of carbonyl (C=O) groups excluding carboxylic acids is 3. The Morgan fingerprint density at radius 2 is 1.75 bits per heavy atom. The molecule has 0 aromatic heterocycles. The van der Waals surface area contributed by atoms with Gasteiger partial charge in [0.2, 0.25) is 6.10 Å². The number of hydrogen-bond acceptors (Lipinski definition) is 8. The maximum Gasteiger partial charge on any atom is 0.348 e. The van der Waals surface area contributed by atoms with E-state index in [0.29, 0.717) is 25.7 Å². The number of hydrogen-bond donors (Lipinski definition) is 3. The van der Waals surface area contributed by atoms with E-state index in [1.54, 1.807) is 13.8 Å². The van der Waals surface area contributed by atoms with Crippen LogP contribution in [-0.2, 0) is 23.9 Å². The summed E-state index contributed by atoms with van der Waals surface area (Å²) in [4.78, 5) is 36.8. The van der Waals surface area contributed by atoms with E-state index in [-0.39, 0.29) is 12.2 Å². The van der Waals surface area contributed by atoms with Crippen molar-refractivity contribution >= 4 is 17.7 Å². The van der Waals surface area contributed by atoms with Gasteiger partial charge in [-0.05, 0) is 52.0 Å². The minimum atomic E-state index is -1.43. The van der Waals surface area contributed by atoms with Crippen molar-refractivity contribution in [1.82, 2.24) is 0 Å². The molecule has 32 heavy (non-hydrogen) atoms. The summed E-state index contributed by atoms with van der Waals surface area (Å²) in [5.74, 6) is -2.23. The van der Waals surface area contributed by atoms with Crippen LogP contribution in [0.15, 0.2) is 12.2 Å². The SMILES string of the molecule is CC(O)CCCCCCC(O)/C=C/C(=O)O[C@H]1CC(=O)[C@@H](O)CCCCCC(C)OC1=O. The number of Topliss-reactive ketones (excluding diaryl/α,β-unsaturated/α-hetero) is 1. The maximum absolute atomic E-state index is 12.4. The lowest BCUT2D eigenvalue weighted by Gasteiger charge is -2.21. The minimum absolute atomic E-state index is 0.297. The summed E-state index contributed by atoms with van der Waals surface area (Å²) in [6, 6.07) is 0. The highest BCUT2D eigenvalue weighted by atomic mass is 16.6. The Kier molecular flexibility index (Phi) is 14.1. The van der Waals surface area contributed by atoms with Crippen LogP contribution in [0, 0.1) is 0 Å². The fourth-order valence-corrected chi connectivity index (χ4v) is 3.54. The van der Waals surface area contributed by atoms with Crippen LogP contribution in [-0.4, -0.2) is 63.6 Å². The second-order valence-corrected chi connectivity index (χ2v) is 8.76. The number of ketones is 1. The number of unbranched alkanes of at least 4 members (excludes halogenated alkanes) is 3. The van der Waals surface area contributed by atoms with Gasteiger partial charge in [0.1, 0.15) is 6.10 Å². The maximum atomic E-state index is 12.4. The number of ether oxygens (including phenoxy) is 2. The van der Waals surface area contributed by atoms with E-state index in [0.717, 1.165) is 51.0 Å². The molecule has 0 aromatic rings. The lowest BCUT2D eigenvalue weighted by Crippen LogP contribution is -2.36. The Labute approximate surface area is 191 Å². The van der Waals surface area contributed by atoms with Gasteiger partial charge in [-0.15, -0.1) is 0 Å². The summed E-state index contributed by atoms with van der Waals surface area (Å²) < 4.78 is 10.4. The third-order valence-electron chi connectivity index (χ3n) is 5.51. The first-order chi connectivity index (χ1) is 15.2. The van der Waals surface area contributed by atoms with E-state index in [2.05, 4.69) is 0 Å². The summed E-state index contributed by atoms with van der Waals surface area (Å²) in [7, 11) is 0. The van der Waals surface area contributed by atoms with Crippen molar-refractivity contribution in [3.63, 3.8) is 0 Å². The predicted octanol–water partition coefficient (Wildman–Crippen LogP) is 2.75. The fraction of sp³-hybridized carbons (Fsp3) is 0.792. The van der Waals surface area contributed by atoms with Gasteiger partial charge in [-0.25, -0.2) is 9.59 Å². The van der Waals surface area contributed by atoms with Gasteiger partial charge in [0.25, 0.3) is 0 Å². The van der Waals surface area contributed by atoms with E-state index < -0.39 is 42.5 Å². The largest absolute Gasteiger partial charge is 0.460 e. The molecule has 0 spiro atoms. The van der Waals surface area contributed by atoms with Crippen molar-refractivity contribution in [3.8, 4) is 0 Å². The molecule has 1 aliphatic heterocycles. The lowest BCUT2D eigenvalue weighted by atomic mass is 10.0. The molecule has 1 saturated heterocycles. The first-order valence-corrected chi connectivity index (χ1v) is 11.8. The Bertz CT molecular complexity index is 601. The first kappa shape index (κ1) is 28.3. The second kappa shape index (κ2) is 15.9. The molecule has 5 atom stereocenters. The van der Waals surface area contributed by atoms with Crippen LogP contribution in [0.1, 0.15) is 90.9 Å². The smallest absolute Gasteiger partial charge is 0.348 e. The van der Waals surface area contributed by atoms with Crippen molar-refractivity contribution in [2.24, 2.45) is 0 Å². The van der Waals surface area contributed by atoms with Crippen LogP contribution in [0.5, 0.6) is 0 Å². The summed E-state index contributed by atoms with van der Waals surface area (Å²) >= 11 is 0. The molecule has 1 fully saturated rings. The van der Waals surface area contributed by atoms with Gasteiger partial charge in [0, 0.05) is 6.08 Å². The zero-order valence-electron chi connectivity index (χ0n) is 19.4. The number of carbonyl (C=O) groups is 3. The molecule has 184 valence electrons. The Hall–Kier alpha value is -1.77. The molecular formula is C24H40O8. The third kappa shape index (κ3) is 12.9. The van der Waals surface area contributed by atoms with Gasteiger partial charge in [0.15, 0.2) is 5.78 Å². The highest BCUT2D eigenvalue weighted by Gasteiger charge is 2.31. The third-order valence-corrected chi connectivity index (χ3v) is 5.51. The van der Waals surface area contributed by atoms with Gasteiger partial charge < -0.3 is 24.8 Å². The van der Waals surface area contributed by atoms with Crippen molar-refractivity contribution in [1.29, 1.82) is 0 Å². The van der Waals surface area contributed by atoms with Gasteiger partial charge in [-0.2, -0.15) is 0 Å². The fourth-order valence-electron chi connectivity index (χ4n) is 3.54. The van der Waals surface area contributed by atoms with E-state index in [1.807, 2.05) is 0 Å². The highest BCUT2D eigenvalue weighted by Crippen LogP contribution is 2.16. The van der Waals surface area contributed by atoms with Crippen molar-refractivity contribution in [3.05, 3.63) is 12.2 Å². The molecule has 0 aliphatic carbocycles. The Morgan fingerprint density at radius 1 is 1.09 bits per heavy atom. The summed E-state index contributed by atoms with van der Waals surface area (Å²) in [5.41, 5.74) is 0. The van der Waals surface area contributed by atoms with E-state index >= 15 is 0 Å². The number of aliphatic hydroxyl groups excluding tert-OH is 3. The Balaban J connectivity index is 2.53. The minimum Gasteiger partial charge on any atom is -0.460 e. The van der Waals surface area contributed by atoms with Crippen molar-refractivity contribution < 1.29 is 39.2 Å². The standard InChI is InChI=1S/C24H40O8/c1-17(25)10-6-3-4-8-12-19(26)14-15-23(29)32-22-16-21(28)20(27)13-9-5-7-11-18(2)31-24(22)30/h14-15,17-20,22,25-27H,3-13,16H2,1-2H3/b15-14+/t17?,18?,19?,20-,22-/m0/s1. The first-order valence-electron chi connectivity index (χ1n) is 11.8. The molecule has 0 saturated carbocycles. The van der Waals surface area contributed by atoms with E-state index in [4.69, 9.17) is 9.47 Å². The molecule has 1 aliphatic rings. The summed E-state index contributed by atoms with van der Waals surface area (Å²) in [6.45, 7) is 3.51. The highest BCUT2D eigenvalue weighted by molar-refractivity contribution is 5.91. The molecular weight excluding hydrogens is 416 g/mol. The van der Waals surface area contributed by atoms with Crippen molar-refractivity contribution in [2.75, 3.05) is 0 Å². The van der Waals surface area contributed by atoms with Crippen molar-refractivity contribution in [2.45, 2.75) is 121 Å². The van der Waals surface area contributed by atoms with Crippen LogP contribution in [0.4, 0.5) is 0 Å². The summed E-state index contributed by atoms with van der Waals surface area (Å²) in [5, 5.41) is 29.2. The second-order valence-electron chi connectivity index (χ2n) is 8.76. The van der Waals surface area contributed by atoms with Crippen LogP contribution >= 0.6 is 0 Å². The molecule has 8 nitrogen and oxygen atoms in total. The average molecular weight is 457 g/mol. The molecule has 0 radical (unpaired) electrons. The van der Waals surface area contributed by atoms with E-state index in [1.165, 1.54) is 6.08 Å². The predicted molar refractivity (Wildman–Crippen MR) is 119 cm³/mol. The quantitative estimate of drug-likeness (QED) is 0.260. The average Bonchev–Trinajstić information content (AvgIpc) is 2.72. The van der Waals surface area contributed by atoms with E-state index in [9.17, 15) is 29.7 Å². The number of cyclic esters (lactones) is 1. The van der Waals surface area contributed by atoms with Crippen LogP contribution in [0.3, 0.4) is 0 Å². The zero-order chi connectivity index (χ0) is 23.9. The normalized spacial score (nSPS) is 25.5. The van der Waals surface area contributed by atoms with Gasteiger partial charge in [-0.3, -0.25) is 4.79 Å². The van der Waals surface area contributed by atoms with Gasteiger partial charge in [-0.1, -0.05) is 38.5 Å². The topological polar surface area (TPSA) is 130 Å². The number of esters is 2. The number of rotatable bonds is 10. The Morgan fingerprint density at radius 3 is 2.44 bits per heavy atom.